The molecule has 102 valence electrons. The average molecular weight is 260 g/mol. The maximum Gasteiger partial charge on any atom is 0.271 e. The number of carbonyl (C=O) groups excluding carboxylic acids is 1. The van der Waals surface area contributed by atoms with Gasteiger partial charge in [0.05, 0.1) is 0 Å². The zero-order chi connectivity index (χ0) is 13.2. The minimum absolute atomic E-state index is 0.184. The molecule has 0 bridgehead atoms. The lowest BCUT2D eigenvalue weighted by Gasteiger charge is -2.32. The molecule has 1 aliphatic heterocycles. The molecule has 1 amide bonds. The van der Waals surface area contributed by atoms with Gasteiger partial charge in [-0.3, -0.25) is 4.79 Å². The number of anilines is 1. The van der Waals surface area contributed by atoms with Gasteiger partial charge in [-0.25, -0.2) is 0 Å². The van der Waals surface area contributed by atoms with E-state index in [2.05, 4.69) is 20.4 Å². The third-order valence-corrected chi connectivity index (χ3v) is 4.41. The summed E-state index contributed by atoms with van der Waals surface area (Å²) in [6.07, 6.45) is 6.58. The summed E-state index contributed by atoms with van der Waals surface area (Å²) in [5.41, 5.74) is 0.380. The molecule has 5 nitrogen and oxygen atoms in total. The summed E-state index contributed by atoms with van der Waals surface area (Å²) in [6.45, 7) is 1.07. The molecule has 0 aromatic carbocycles. The molecule has 0 spiro atoms. The molecule has 0 radical (unpaired) electrons. The molecule has 1 N–H and O–H groups in total. The maximum absolute atomic E-state index is 11.4. The maximum atomic E-state index is 11.4. The van der Waals surface area contributed by atoms with E-state index in [1.807, 2.05) is 6.07 Å². The number of nitrogens with zero attached hydrogens (tertiary/aromatic N) is 3. The first kappa shape index (κ1) is 12.4. The quantitative estimate of drug-likeness (QED) is 0.877. The van der Waals surface area contributed by atoms with Crippen LogP contribution >= 0.6 is 0 Å². The minimum Gasteiger partial charge on any atom is -0.354 e. The highest BCUT2D eigenvalue weighted by atomic mass is 16.1. The standard InChI is InChI=1S/C14H20N4O/c1-15-14(19)11-6-7-13(17-16-11)18-9-8-10-4-2-3-5-12(10)18/h6-7,10,12H,2-5,8-9H2,1H3,(H,15,19). The normalized spacial score (nSPS) is 26.1. The van der Waals surface area contributed by atoms with Gasteiger partial charge >= 0.3 is 0 Å². The zero-order valence-corrected chi connectivity index (χ0v) is 11.3. The topological polar surface area (TPSA) is 58.1 Å². The molecule has 1 aliphatic carbocycles. The number of aromatic nitrogens is 2. The molecule has 1 saturated carbocycles. The van der Waals surface area contributed by atoms with E-state index in [1.165, 1.54) is 32.1 Å². The molecule has 19 heavy (non-hydrogen) atoms. The predicted octanol–water partition coefficient (Wildman–Crippen LogP) is 1.61. The van der Waals surface area contributed by atoms with E-state index in [0.29, 0.717) is 11.7 Å². The van der Waals surface area contributed by atoms with Crippen molar-refractivity contribution in [2.24, 2.45) is 5.92 Å². The van der Waals surface area contributed by atoms with Gasteiger partial charge in [0.1, 0.15) is 0 Å². The Morgan fingerprint density at radius 2 is 2.11 bits per heavy atom. The van der Waals surface area contributed by atoms with Crippen molar-refractivity contribution in [2.45, 2.75) is 38.1 Å². The van der Waals surface area contributed by atoms with E-state index >= 15 is 0 Å². The smallest absolute Gasteiger partial charge is 0.271 e. The molecule has 2 heterocycles. The molecular weight excluding hydrogens is 240 g/mol. The summed E-state index contributed by atoms with van der Waals surface area (Å²) >= 11 is 0. The molecule has 1 aromatic heterocycles. The van der Waals surface area contributed by atoms with Crippen molar-refractivity contribution >= 4 is 11.7 Å². The van der Waals surface area contributed by atoms with Crippen LogP contribution in [0.25, 0.3) is 0 Å². The summed E-state index contributed by atoms with van der Waals surface area (Å²) in [5, 5.41) is 10.8. The third-order valence-electron chi connectivity index (χ3n) is 4.41. The first-order valence-electron chi connectivity index (χ1n) is 7.12. The van der Waals surface area contributed by atoms with Crippen molar-refractivity contribution in [3.63, 3.8) is 0 Å². The van der Waals surface area contributed by atoms with Crippen LogP contribution in [0.1, 0.15) is 42.6 Å². The van der Waals surface area contributed by atoms with Gasteiger partial charge in [-0.1, -0.05) is 12.8 Å². The second-order valence-electron chi connectivity index (χ2n) is 5.45. The van der Waals surface area contributed by atoms with E-state index < -0.39 is 0 Å². The van der Waals surface area contributed by atoms with Crippen molar-refractivity contribution in [3.8, 4) is 0 Å². The molecule has 1 aromatic rings. The van der Waals surface area contributed by atoms with E-state index in [9.17, 15) is 4.79 Å². The van der Waals surface area contributed by atoms with Gasteiger partial charge in [0.2, 0.25) is 0 Å². The molecular formula is C14H20N4O. The van der Waals surface area contributed by atoms with Gasteiger partial charge in [-0.2, -0.15) is 0 Å². The fourth-order valence-electron chi connectivity index (χ4n) is 3.42. The third kappa shape index (κ3) is 2.29. The van der Waals surface area contributed by atoms with Gasteiger partial charge in [-0.15, -0.1) is 10.2 Å². The van der Waals surface area contributed by atoms with E-state index in [1.54, 1.807) is 13.1 Å². The summed E-state index contributed by atoms with van der Waals surface area (Å²) < 4.78 is 0. The van der Waals surface area contributed by atoms with Crippen molar-refractivity contribution in [1.29, 1.82) is 0 Å². The second-order valence-corrected chi connectivity index (χ2v) is 5.45. The summed E-state index contributed by atoms with van der Waals surface area (Å²) in [4.78, 5) is 13.8. The van der Waals surface area contributed by atoms with Crippen molar-refractivity contribution in [2.75, 3.05) is 18.5 Å². The highest BCUT2D eigenvalue weighted by Gasteiger charge is 2.36. The predicted molar refractivity (Wildman–Crippen MR) is 73.1 cm³/mol. The fourth-order valence-corrected chi connectivity index (χ4v) is 3.42. The molecule has 2 aliphatic rings. The Balaban J connectivity index is 1.77. The van der Waals surface area contributed by atoms with Gasteiger partial charge in [0.25, 0.3) is 5.91 Å². The van der Waals surface area contributed by atoms with E-state index in [-0.39, 0.29) is 5.91 Å². The van der Waals surface area contributed by atoms with Crippen LogP contribution in [-0.2, 0) is 0 Å². The van der Waals surface area contributed by atoms with E-state index in [4.69, 9.17) is 0 Å². The first-order chi connectivity index (χ1) is 9.29. The highest BCUT2D eigenvalue weighted by molar-refractivity contribution is 5.91. The largest absolute Gasteiger partial charge is 0.354 e. The van der Waals surface area contributed by atoms with Crippen LogP contribution in [-0.4, -0.2) is 35.7 Å². The van der Waals surface area contributed by atoms with Crippen LogP contribution < -0.4 is 10.2 Å². The number of hydrogen-bond donors (Lipinski definition) is 1. The molecule has 3 rings (SSSR count). The lowest BCUT2D eigenvalue weighted by Crippen LogP contribution is -2.35. The van der Waals surface area contributed by atoms with Crippen molar-refractivity contribution < 1.29 is 4.79 Å². The summed E-state index contributed by atoms with van der Waals surface area (Å²) in [5.74, 6) is 1.56. The number of nitrogens with one attached hydrogen (secondary N) is 1. The highest BCUT2D eigenvalue weighted by Crippen LogP contribution is 2.37. The summed E-state index contributed by atoms with van der Waals surface area (Å²) in [6, 6.07) is 4.32. The molecule has 2 atom stereocenters. The van der Waals surface area contributed by atoms with Crippen LogP contribution in [0.3, 0.4) is 0 Å². The molecule has 1 saturated heterocycles. The SMILES string of the molecule is CNC(=O)c1ccc(N2CCC3CCCCC32)nn1. The first-order valence-corrected chi connectivity index (χ1v) is 7.12. The van der Waals surface area contributed by atoms with Crippen LogP contribution in [0.2, 0.25) is 0 Å². The Bertz CT molecular complexity index is 459. The zero-order valence-electron chi connectivity index (χ0n) is 11.3. The number of rotatable bonds is 2. The van der Waals surface area contributed by atoms with Gasteiger partial charge in [0.15, 0.2) is 11.5 Å². The number of carbonyl (C=O) groups is 1. The van der Waals surface area contributed by atoms with Crippen LogP contribution in [0.5, 0.6) is 0 Å². The number of hydrogen-bond acceptors (Lipinski definition) is 4. The lowest BCUT2D eigenvalue weighted by atomic mass is 9.85. The Morgan fingerprint density at radius 3 is 2.84 bits per heavy atom. The van der Waals surface area contributed by atoms with Crippen molar-refractivity contribution in [1.82, 2.24) is 15.5 Å². The fraction of sp³-hybridized carbons (Fsp3) is 0.643. The molecule has 2 unspecified atom stereocenters. The van der Waals surface area contributed by atoms with Crippen LogP contribution in [0.15, 0.2) is 12.1 Å². The van der Waals surface area contributed by atoms with Crippen LogP contribution in [0.4, 0.5) is 5.82 Å². The Morgan fingerprint density at radius 1 is 1.26 bits per heavy atom. The Hall–Kier alpha value is -1.65. The Labute approximate surface area is 113 Å². The number of fused-ring (bicyclic) bond motifs is 1. The lowest BCUT2D eigenvalue weighted by molar-refractivity contribution is 0.0957. The van der Waals surface area contributed by atoms with Gasteiger partial charge < -0.3 is 10.2 Å². The van der Waals surface area contributed by atoms with E-state index in [0.717, 1.165) is 18.3 Å². The van der Waals surface area contributed by atoms with Crippen LogP contribution in [0, 0.1) is 5.92 Å². The number of amides is 1. The second kappa shape index (κ2) is 5.15. The molecule has 2 fully saturated rings. The van der Waals surface area contributed by atoms with Crippen molar-refractivity contribution in [3.05, 3.63) is 17.8 Å². The average Bonchev–Trinajstić information content (AvgIpc) is 2.90. The van der Waals surface area contributed by atoms with Gasteiger partial charge in [0, 0.05) is 19.6 Å². The summed E-state index contributed by atoms with van der Waals surface area (Å²) in [7, 11) is 1.60. The van der Waals surface area contributed by atoms with Gasteiger partial charge in [-0.05, 0) is 37.3 Å². The Kier molecular flexibility index (Phi) is 3.36. The molecule has 5 heteroatoms. The minimum atomic E-state index is -0.184. The monoisotopic (exact) mass is 260 g/mol.